The quantitative estimate of drug-likeness (QED) is 0.309. The van der Waals surface area contributed by atoms with E-state index in [1.54, 1.807) is 12.1 Å². The summed E-state index contributed by atoms with van der Waals surface area (Å²) in [4.78, 5) is 10.3. The Labute approximate surface area is 144 Å². The lowest BCUT2D eigenvalue weighted by Gasteiger charge is -2.25. The highest BCUT2D eigenvalue weighted by atomic mass is 31.2. The Morgan fingerprint density at radius 2 is 1.67 bits per heavy atom. The first-order valence-electron chi connectivity index (χ1n) is 8.44. The zero-order valence-corrected chi connectivity index (χ0v) is 15.8. The maximum atomic E-state index is 12.7. The van der Waals surface area contributed by atoms with Crippen molar-refractivity contribution in [2.45, 2.75) is 52.6 Å². The molecule has 7 heteroatoms. The largest absolute Gasteiger partial charge is 0.333 e. The minimum atomic E-state index is -3.05. The van der Waals surface area contributed by atoms with Gasteiger partial charge < -0.3 is 9.05 Å². The number of nitrogens with zero attached hydrogens (tertiary/aromatic N) is 1. The summed E-state index contributed by atoms with van der Waals surface area (Å²) in [5.74, 6) is 0.351. The predicted molar refractivity (Wildman–Crippen MR) is 95.5 cm³/mol. The molecule has 0 spiro atoms. The summed E-state index contributed by atoms with van der Waals surface area (Å²) in [6.07, 6.45) is 2.50. The highest BCUT2D eigenvalue weighted by molar-refractivity contribution is 7.54. The molecule has 0 N–H and O–H groups in total. The van der Waals surface area contributed by atoms with E-state index in [0.717, 1.165) is 24.8 Å². The van der Waals surface area contributed by atoms with Crippen LogP contribution in [-0.4, -0.2) is 23.8 Å². The maximum absolute atomic E-state index is 12.7. The normalized spacial score (nSPS) is 14.3. The molecule has 1 aromatic rings. The molecule has 1 rings (SSSR count). The highest BCUT2D eigenvalue weighted by Crippen LogP contribution is 2.54. The monoisotopic (exact) mass is 357 g/mol. The van der Waals surface area contributed by atoms with Crippen molar-refractivity contribution in [2.24, 2.45) is 5.92 Å². The van der Waals surface area contributed by atoms with E-state index in [-0.39, 0.29) is 11.3 Å². The number of benzene rings is 1. The highest BCUT2D eigenvalue weighted by Gasteiger charge is 2.32. The second kappa shape index (κ2) is 9.92. The van der Waals surface area contributed by atoms with Gasteiger partial charge in [0.2, 0.25) is 0 Å². The van der Waals surface area contributed by atoms with Crippen LogP contribution in [0, 0.1) is 16.0 Å². The van der Waals surface area contributed by atoms with Gasteiger partial charge in [-0.25, -0.2) is 0 Å². The molecule has 2 atom stereocenters. The SMILES string of the molecule is CCOP(=O)(OCC)C(C)CC(C)CCc1ccc([N+](=O)[O-])cc1. The van der Waals surface area contributed by atoms with Crippen molar-refractivity contribution < 1.29 is 18.5 Å². The summed E-state index contributed by atoms with van der Waals surface area (Å²) in [7, 11) is -3.05. The van der Waals surface area contributed by atoms with Crippen LogP contribution in [0.25, 0.3) is 0 Å². The number of nitro benzene ring substituents is 1. The third-order valence-electron chi connectivity index (χ3n) is 3.97. The molecule has 0 saturated carbocycles. The molecule has 0 heterocycles. The van der Waals surface area contributed by atoms with Gasteiger partial charge in [-0.15, -0.1) is 0 Å². The standard InChI is InChI=1S/C17H28NO5P/c1-5-22-24(21,23-6-2)15(4)13-14(3)7-8-16-9-11-17(12-10-16)18(19)20/h9-12,14-15H,5-8,13H2,1-4H3. The lowest BCUT2D eigenvalue weighted by molar-refractivity contribution is -0.384. The van der Waals surface area contributed by atoms with Crippen molar-refractivity contribution in [3.8, 4) is 0 Å². The van der Waals surface area contributed by atoms with Crippen molar-refractivity contribution in [3.05, 3.63) is 39.9 Å². The van der Waals surface area contributed by atoms with E-state index in [0.29, 0.717) is 19.1 Å². The van der Waals surface area contributed by atoms with Crippen LogP contribution in [0.2, 0.25) is 0 Å². The van der Waals surface area contributed by atoms with Crippen LogP contribution in [0.3, 0.4) is 0 Å². The lowest BCUT2D eigenvalue weighted by Crippen LogP contribution is -2.14. The first-order valence-corrected chi connectivity index (χ1v) is 10.1. The van der Waals surface area contributed by atoms with Gasteiger partial charge in [0.25, 0.3) is 5.69 Å². The van der Waals surface area contributed by atoms with Crippen LogP contribution < -0.4 is 0 Å². The topological polar surface area (TPSA) is 78.7 Å². The Bertz CT molecular complexity index is 551. The van der Waals surface area contributed by atoms with Gasteiger partial charge in [-0.2, -0.15) is 0 Å². The lowest BCUT2D eigenvalue weighted by atomic mass is 9.97. The second-order valence-electron chi connectivity index (χ2n) is 6.03. The molecule has 0 saturated heterocycles. The molecule has 0 amide bonds. The average Bonchev–Trinajstić information content (AvgIpc) is 2.53. The van der Waals surface area contributed by atoms with Crippen molar-refractivity contribution in [2.75, 3.05) is 13.2 Å². The molecule has 0 fully saturated rings. The van der Waals surface area contributed by atoms with E-state index < -0.39 is 12.5 Å². The van der Waals surface area contributed by atoms with Crippen LogP contribution in [0.5, 0.6) is 0 Å². The number of nitro groups is 1. The van der Waals surface area contributed by atoms with Crippen molar-refractivity contribution in [1.29, 1.82) is 0 Å². The molecular weight excluding hydrogens is 329 g/mol. The Hall–Kier alpha value is -1.23. The smallest absolute Gasteiger partial charge is 0.309 e. The fourth-order valence-electron chi connectivity index (χ4n) is 2.68. The van der Waals surface area contributed by atoms with Crippen LogP contribution in [0.1, 0.15) is 46.1 Å². The number of non-ortho nitro benzene ring substituents is 1. The summed E-state index contributed by atoms with van der Waals surface area (Å²) in [5.41, 5.74) is 1.02. The molecule has 0 aliphatic rings. The molecular formula is C17H28NO5P. The van der Waals surface area contributed by atoms with Crippen molar-refractivity contribution in [1.82, 2.24) is 0 Å². The summed E-state index contributed by atoms with van der Waals surface area (Å²) in [6.45, 7) is 8.41. The van der Waals surface area contributed by atoms with E-state index in [2.05, 4.69) is 6.92 Å². The predicted octanol–water partition coefficient (Wildman–Crippen LogP) is 5.21. The van der Waals surface area contributed by atoms with Crippen LogP contribution in [-0.2, 0) is 20.0 Å². The average molecular weight is 357 g/mol. The molecule has 6 nitrogen and oxygen atoms in total. The molecule has 0 aliphatic heterocycles. The van der Waals surface area contributed by atoms with Gasteiger partial charge >= 0.3 is 7.60 Å². The molecule has 0 aromatic heterocycles. The van der Waals surface area contributed by atoms with E-state index in [4.69, 9.17) is 9.05 Å². The zero-order valence-electron chi connectivity index (χ0n) is 14.9. The Morgan fingerprint density at radius 3 is 2.12 bits per heavy atom. The number of hydrogen-bond acceptors (Lipinski definition) is 5. The van der Waals surface area contributed by atoms with Gasteiger partial charge in [0.15, 0.2) is 0 Å². The molecule has 0 bridgehead atoms. The van der Waals surface area contributed by atoms with Crippen LogP contribution in [0.15, 0.2) is 24.3 Å². The van der Waals surface area contributed by atoms with E-state index >= 15 is 0 Å². The van der Waals surface area contributed by atoms with E-state index in [1.165, 1.54) is 12.1 Å². The number of aryl methyl sites for hydroxylation is 1. The summed E-state index contributed by atoms with van der Waals surface area (Å²) in [5, 5.41) is 10.7. The molecule has 0 aliphatic carbocycles. The third-order valence-corrected chi connectivity index (χ3v) is 6.50. The van der Waals surface area contributed by atoms with Gasteiger partial charge in [-0.05, 0) is 44.6 Å². The first-order chi connectivity index (χ1) is 11.3. The van der Waals surface area contributed by atoms with Crippen molar-refractivity contribution >= 4 is 13.3 Å². The van der Waals surface area contributed by atoms with Crippen LogP contribution in [0.4, 0.5) is 5.69 Å². The third kappa shape index (κ3) is 6.34. The van der Waals surface area contributed by atoms with Gasteiger partial charge in [0, 0.05) is 12.1 Å². The van der Waals surface area contributed by atoms with Gasteiger partial charge in [0.05, 0.1) is 23.8 Å². The van der Waals surface area contributed by atoms with Gasteiger partial charge in [-0.3, -0.25) is 14.7 Å². The van der Waals surface area contributed by atoms with E-state index in [1.807, 2.05) is 20.8 Å². The fourth-order valence-corrected chi connectivity index (χ4v) is 4.60. The second-order valence-corrected chi connectivity index (χ2v) is 8.51. The molecule has 136 valence electrons. The number of rotatable bonds is 11. The van der Waals surface area contributed by atoms with Crippen molar-refractivity contribution in [3.63, 3.8) is 0 Å². The molecule has 24 heavy (non-hydrogen) atoms. The maximum Gasteiger partial charge on any atom is 0.333 e. The minimum absolute atomic E-state index is 0.106. The Balaban J connectivity index is 2.54. The first kappa shape index (κ1) is 20.8. The number of hydrogen-bond donors (Lipinski definition) is 0. The summed E-state index contributed by atoms with van der Waals surface area (Å²) in [6, 6.07) is 6.64. The Kier molecular flexibility index (Phi) is 8.60. The minimum Gasteiger partial charge on any atom is -0.309 e. The van der Waals surface area contributed by atoms with Gasteiger partial charge in [-0.1, -0.05) is 26.0 Å². The zero-order chi connectivity index (χ0) is 18.2. The Morgan fingerprint density at radius 1 is 1.12 bits per heavy atom. The van der Waals surface area contributed by atoms with E-state index in [9.17, 15) is 14.7 Å². The van der Waals surface area contributed by atoms with Gasteiger partial charge in [0.1, 0.15) is 0 Å². The summed E-state index contributed by atoms with van der Waals surface area (Å²) < 4.78 is 23.5. The fraction of sp³-hybridized carbons (Fsp3) is 0.647. The molecule has 2 unspecified atom stereocenters. The van der Waals surface area contributed by atoms with Crippen LogP contribution >= 0.6 is 7.60 Å². The molecule has 0 radical (unpaired) electrons. The summed E-state index contributed by atoms with van der Waals surface area (Å²) >= 11 is 0. The molecule has 1 aromatic carbocycles.